The summed E-state index contributed by atoms with van der Waals surface area (Å²) >= 11 is 0. The van der Waals surface area contributed by atoms with Gasteiger partial charge in [0.2, 0.25) is 5.91 Å². The predicted molar refractivity (Wildman–Crippen MR) is 117 cm³/mol. The number of likely N-dealkylation sites (N-methyl/N-ethyl adjacent to an activating group) is 1. The van der Waals surface area contributed by atoms with Crippen molar-refractivity contribution in [3.8, 4) is 0 Å². The number of benzene rings is 1. The summed E-state index contributed by atoms with van der Waals surface area (Å²) in [6.07, 6.45) is 0.160. The van der Waals surface area contributed by atoms with E-state index < -0.39 is 0 Å². The van der Waals surface area contributed by atoms with Gasteiger partial charge in [-0.15, -0.1) is 0 Å². The molecule has 1 N–H and O–H groups in total. The molecule has 0 radical (unpaired) electrons. The summed E-state index contributed by atoms with van der Waals surface area (Å²) in [5.74, 6) is 0.661. The van der Waals surface area contributed by atoms with Gasteiger partial charge in [-0.3, -0.25) is 14.6 Å². The maximum Gasteiger partial charge on any atom is 0.238 e. The second kappa shape index (κ2) is 10.9. The Bertz CT molecular complexity index is 631. The van der Waals surface area contributed by atoms with Gasteiger partial charge < -0.3 is 19.7 Å². The zero-order valence-electron chi connectivity index (χ0n) is 18.1. The summed E-state index contributed by atoms with van der Waals surface area (Å²) in [4.78, 5) is 19.2. The van der Waals surface area contributed by atoms with E-state index in [4.69, 9.17) is 9.47 Å². The highest BCUT2D eigenvalue weighted by atomic mass is 16.5. The van der Waals surface area contributed by atoms with Crippen LogP contribution >= 0.6 is 0 Å². The van der Waals surface area contributed by atoms with Crippen molar-refractivity contribution >= 4 is 17.3 Å². The van der Waals surface area contributed by atoms with Crippen molar-refractivity contribution in [1.29, 1.82) is 0 Å². The molecule has 1 aromatic rings. The maximum atomic E-state index is 12.4. The Morgan fingerprint density at radius 1 is 1.17 bits per heavy atom. The van der Waals surface area contributed by atoms with Crippen LogP contribution in [0.5, 0.6) is 0 Å². The first-order chi connectivity index (χ1) is 14.0. The molecule has 7 nitrogen and oxygen atoms in total. The minimum Gasteiger partial charge on any atom is -0.378 e. The maximum absolute atomic E-state index is 12.4. The fourth-order valence-corrected chi connectivity index (χ4v) is 4.01. The normalized spacial score (nSPS) is 21.0. The van der Waals surface area contributed by atoms with Crippen LogP contribution in [0.3, 0.4) is 0 Å². The van der Waals surface area contributed by atoms with E-state index in [0.717, 1.165) is 64.8 Å². The van der Waals surface area contributed by atoms with Crippen molar-refractivity contribution in [2.45, 2.75) is 20.0 Å². The number of amides is 1. The van der Waals surface area contributed by atoms with Gasteiger partial charge in [0, 0.05) is 50.6 Å². The fraction of sp³-hybridized carbons (Fsp3) is 0.682. The highest BCUT2D eigenvalue weighted by Crippen LogP contribution is 2.19. The number of hydrogen-bond donors (Lipinski definition) is 1. The van der Waals surface area contributed by atoms with Crippen molar-refractivity contribution in [3.05, 3.63) is 24.3 Å². The molecule has 1 atom stereocenters. The number of hydrogen-bond acceptors (Lipinski definition) is 6. The van der Waals surface area contributed by atoms with Crippen LogP contribution in [0.15, 0.2) is 24.3 Å². The van der Waals surface area contributed by atoms with Crippen molar-refractivity contribution in [3.63, 3.8) is 0 Å². The molecule has 2 aliphatic rings. The topological polar surface area (TPSA) is 57.3 Å². The van der Waals surface area contributed by atoms with E-state index in [9.17, 15) is 4.79 Å². The lowest BCUT2D eigenvalue weighted by Crippen LogP contribution is -2.48. The van der Waals surface area contributed by atoms with E-state index >= 15 is 0 Å². The van der Waals surface area contributed by atoms with Gasteiger partial charge in [0.15, 0.2) is 0 Å². The number of morpholine rings is 2. The number of ether oxygens (including phenoxy) is 2. The molecular formula is C22H36N4O3. The van der Waals surface area contributed by atoms with E-state index in [0.29, 0.717) is 12.5 Å². The lowest BCUT2D eigenvalue weighted by molar-refractivity contribution is -0.117. The van der Waals surface area contributed by atoms with Gasteiger partial charge in [0.25, 0.3) is 0 Å². The summed E-state index contributed by atoms with van der Waals surface area (Å²) in [6.45, 7) is 12.8. The van der Waals surface area contributed by atoms with E-state index in [1.54, 1.807) is 0 Å². The second-order valence-electron chi connectivity index (χ2n) is 8.54. The summed E-state index contributed by atoms with van der Waals surface area (Å²) in [7, 11) is 1.98. The molecule has 0 aliphatic carbocycles. The van der Waals surface area contributed by atoms with Gasteiger partial charge in [-0.1, -0.05) is 13.8 Å². The summed E-state index contributed by atoms with van der Waals surface area (Å²) in [5, 5.41) is 3.00. The van der Waals surface area contributed by atoms with E-state index in [-0.39, 0.29) is 12.0 Å². The van der Waals surface area contributed by atoms with Crippen LogP contribution in [0.1, 0.15) is 13.8 Å². The highest BCUT2D eigenvalue weighted by molar-refractivity contribution is 5.92. The van der Waals surface area contributed by atoms with Gasteiger partial charge in [-0.2, -0.15) is 0 Å². The van der Waals surface area contributed by atoms with Crippen molar-refractivity contribution in [1.82, 2.24) is 9.80 Å². The minimum absolute atomic E-state index is 0.00136. The minimum atomic E-state index is 0.00136. The lowest BCUT2D eigenvalue weighted by atomic mass is 10.1. The molecule has 3 rings (SSSR count). The standard InChI is InChI=1S/C22H36N4O3/c1-18(2)14-25-8-13-29-21(16-25)15-24(3)17-22(27)23-19-4-6-20(7-5-19)26-9-11-28-12-10-26/h4-7,18,21H,8-17H2,1-3H3,(H,23,27)/t21-/m1/s1. The monoisotopic (exact) mass is 404 g/mol. The third-order valence-electron chi connectivity index (χ3n) is 5.30. The first-order valence-corrected chi connectivity index (χ1v) is 10.7. The smallest absolute Gasteiger partial charge is 0.238 e. The SMILES string of the molecule is CC(C)CN1CCO[C@H](CN(C)CC(=O)Nc2ccc(N3CCOCC3)cc2)C1. The third-order valence-corrected chi connectivity index (χ3v) is 5.30. The Kier molecular flexibility index (Phi) is 8.29. The molecule has 0 aromatic heterocycles. The molecule has 1 amide bonds. The Labute approximate surface area is 174 Å². The molecular weight excluding hydrogens is 368 g/mol. The number of nitrogens with zero attached hydrogens (tertiary/aromatic N) is 3. The summed E-state index contributed by atoms with van der Waals surface area (Å²) < 4.78 is 11.3. The second-order valence-corrected chi connectivity index (χ2v) is 8.54. The first kappa shape index (κ1) is 22.0. The summed E-state index contributed by atoms with van der Waals surface area (Å²) in [6, 6.07) is 8.06. The quantitative estimate of drug-likeness (QED) is 0.713. The number of rotatable bonds is 8. The van der Waals surface area contributed by atoms with Gasteiger partial charge in [0.05, 0.1) is 32.5 Å². The van der Waals surface area contributed by atoms with Crippen LogP contribution in [0, 0.1) is 5.92 Å². The molecule has 0 saturated carbocycles. The van der Waals surface area contributed by atoms with Crippen LogP contribution in [-0.2, 0) is 14.3 Å². The van der Waals surface area contributed by atoms with Crippen LogP contribution in [-0.4, -0.2) is 94.5 Å². The molecule has 0 unspecified atom stereocenters. The molecule has 1 aromatic carbocycles. The predicted octanol–water partition coefficient (Wildman–Crippen LogP) is 1.75. The number of carbonyl (C=O) groups is 1. The largest absolute Gasteiger partial charge is 0.378 e. The zero-order valence-corrected chi connectivity index (χ0v) is 18.1. The van der Waals surface area contributed by atoms with E-state index in [2.05, 4.69) is 41.1 Å². The molecule has 2 aliphatic heterocycles. The Hall–Kier alpha value is -1.67. The van der Waals surface area contributed by atoms with Gasteiger partial charge >= 0.3 is 0 Å². The van der Waals surface area contributed by atoms with Crippen molar-refractivity contribution in [2.24, 2.45) is 5.92 Å². The van der Waals surface area contributed by atoms with E-state index in [1.165, 1.54) is 5.69 Å². The average Bonchev–Trinajstić information content (AvgIpc) is 2.69. The van der Waals surface area contributed by atoms with Crippen molar-refractivity contribution < 1.29 is 14.3 Å². The number of anilines is 2. The van der Waals surface area contributed by atoms with Crippen LogP contribution in [0.25, 0.3) is 0 Å². The highest BCUT2D eigenvalue weighted by Gasteiger charge is 2.22. The third kappa shape index (κ3) is 7.26. The Morgan fingerprint density at radius 2 is 1.90 bits per heavy atom. The summed E-state index contributed by atoms with van der Waals surface area (Å²) in [5.41, 5.74) is 2.00. The molecule has 7 heteroatoms. The molecule has 2 fully saturated rings. The Balaban J connectivity index is 1.41. The van der Waals surface area contributed by atoms with Gasteiger partial charge in [0.1, 0.15) is 0 Å². The lowest BCUT2D eigenvalue weighted by Gasteiger charge is -2.35. The van der Waals surface area contributed by atoms with Gasteiger partial charge in [-0.25, -0.2) is 0 Å². The first-order valence-electron chi connectivity index (χ1n) is 10.7. The molecule has 162 valence electrons. The van der Waals surface area contributed by atoms with Crippen LogP contribution < -0.4 is 10.2 Å². The van der Waals surface area contributed by atoms with Crippen LogP contribution in [0.2, 0.25) is 0 Å². The molecule has 2 heterocycles. The van der Waals surface area contributed by atoms with Gasteiger partial charge in [-0.05, 0) is 37.2 Å². The molecule has 2 saturated heterocycles. The molecule has 29 heavy (non-hydrogen) atoms. The van der Waals surface area contributed by atoms with E-state index in [1.807, 2.05) is 24.1 Å². The average molecular weight is 405 g/mol. The zero-order chi connectivity index (χ0) is 20.6. The number of carbonyl (C=O) groups excluding carboxylic acids is 1. The molecule has 0 spiro atoms. The fourth-order valence-electron chi connectivity index (χ4n) is 4.01. The van der Waals surface area contributed by atoms with Crippen LogP contribution in [0.4, 0.5) is 11.4 Å². The van der Waals surface area contributed by atoms with Crippen molar-refractivity contribution in [2.75, 3.05) is 82.9 Å². The molecule has 0 bridgehead atoms. The number of nitrogens with one attached hydrogen (secondary N) is 1. The Morgan fingerprint density at radius 3 is 2.59 bits per heavy atom.